The fourth-order valence-electron chi connectivity index (χ4n) is 1.66. The monoisotopic (exact) mass is 375 g/mol. The minimum atomic E-state index is -0.469. The molecule has 2 rings (SSSR count). The first-order chi connectivity index (χ1) is 10.8. The summed E-state index contributed by atoms with van der Waals surface area (Å²) in [5.74, 6) is 0.144. The molecule has 2 N–H and O–H groups in total. The molecule has 0 radical (unpaired) electrons. The van der Waals surface area contributed by atoms with Crippen LogP contribution in [0.2, 0.25) is 0 Å². The normalized spacial score (nSPS) is 11.0. The summed E-state index contributed by atoms with van der Waals surface area (Å²) in [6, 6.07) is 10.2. The zero-order valence-corrected chi connectivity index (χ0v) is 14.8. The summed E-state index contributed by atoms with van der Waals surface area (Å²) in [6.45, 7) is 5.53. The van der Waals surface area contributed by atoms with E-state index in [0.717, 1.165) is 4.47 Å². The van der Waals surface area contributed by atoms with Crippen molar-refractivity contribution in [2.24, 2.45) is 5.41 Å². The molecule has 1 aromatic carbocycles. The minimum absolute atomic E-state index is 0.0752. The Morgan fingerprint density at radius 1 is 1.00 bits per heavy atom. The minimum Gasteiger partial charge on any atom is -0.326 e. The molecular formula is C17H18BrN3O2. The van der Waals surface area contributed by atoms with Crippen LogP contribution in [0.5, 0.6) is 0 Å². The Balaban J connectivity index is 2.02. The third-order valence-corrected chi connectivity index (χ3v) is 3.52. The van der Waals surface area contributed by atoms with Gasteiger partial charge < -0.3 is 10.6 Å². The number of carbonyl (C=O) groups excluding carboxylic acids is 2. The molecule has 0 saturated carbocycles. The summed E-state index contributed by atoms with van der Waals surface area (Å²) in [4.78, 5) is 28.2. The Morgan fingerprint density at radius 3 is 2.17 bits per heavy atom. The molecule has 0 aliphatic carbocycles. The largest absolute Gasteiger partial charge is 0.326 e. The van der Waals surface area contributed by atoms with Crippen LogP contribution in [0.3, 0.4) is 0 Å². The third kappa shape index (κ3) is 4.89. The molecule has 2 amide bonds. The number of rotatable bonds is 3. The highest BCUT2D eigenvalue weighted by Crippen LogP contribution is 2.18. The van der Waals surface area contributed by atoms with E-state index in [1.54, 1.807) is 42.6 Å². The fraction of sp³-hybridized carbons (Fsp3) is 0.235. The van der Waals surface area contributed by atoms with Crippen LogP contribution < -0.4 is 10.6 Å². The van der Waals surface area contributed by atoms with Crippen molar-refractivity contribution in [3.63, 3.8) is 0 Å². The number of carbonyl (C=O) groups is 2. The van der Waals surface area contributed by atoms with Crippen LogP contribution in [0.15, 0.2) is 47.1 Å². The number of halogens is 1. The average molecular weight is 376 g/mol. The van der Waals surface area contributed by atoms with Gasteiger partial charge in [-0.25, -0.2) is 4.98 Å². The lowest BCUT2D eigenvalue weighted by Crippen LogP contribution is -2.27. The molecule has 0 fully saturated rings. The van der Waals surface area contributed by atoms with Gasteiger partial charge in [-0.2, -0.15) is 0 Å². The summed E-state index contributed by atoms with van der Waals surface area (Å²) in [7, 11) is 0. The number of pyridine rings is 1. The van der Waals surface area contributed by atoms with Gasteiger partial charge >= 0.3 is 0 Å². The van der Waals surface area contributed by atoms with Crippen molar-refractivity contribution in [2.75, 3.05) is 10.6 Å². The van der Waals surface area contributed by atoms with E-state index in [4.69, 9.17) is 0 Å². The summed E-state index contributed by atoms with van der Waals surface area (Å²) in [5.41, 5.74) is 0.676. The Morgan fingerprint density at radius 2 is 1.65 bits per heavy atom. The number of nitrogens with zero attached hydrogens (tertiary/aromatic N) is 1. The van der Waals surface area contributed by atoms with Crippen molar-refractivity contribution < 1.29 is 9.59 Å². The number of anilines is 2. The Bertz CT molecular complexity index is 704. The molecular weight excluding hydrogens is 358 g/mol. The second-order valence-electron chi connectivity index (χ2n) is 6.10. The smallest absolute Gasteiger partial charge is 0.256 e. The number of aromatic nitrogens is 1. The van der Waals surface area contributed by atoms with Gasteiger partial charge in [-0.05, 0) is 52.3 Å². The van der Waals surface area contributed by atoms with Crippen LogP contribution in [0.4, 0.5) is 11.5 Å². The highest BCUT2D eigenvalue weighted by Gasteiger charge is 2.21. The Kier molecular flexibility index (Phi) is 5.15. The van der Waals surface area contributed by atoms with Gasteiger partial charge in [-0.3, -0.25) is 9.59 Å². The average Bonchev–Trinajstić information content (AvgIpc) is 2.49. The van der Waals surface area contributed by atoms with Gasteiger partial charge in [0.2, 0.25) is 5.91 Å². The van der Waals surface area contributed by atoms with Crippen molar-refractivity contribution in [2.45, 2.75) is 20.8 Å². The predicted molar refractivity (Wildman–Crippen MR) is 94.4 cm³/mol. The first-order valence-corrected chi connectivity index (χ1v) is 7.89. The van der Waals surface area contributed by atoms with Crippen LogP contribution in [-0.4, -0.2) is 16.8 Å². The SMILES string of the molecule is CC(C)(C)C(=O)Nc1ccc(C(=O)Nc2ccc(Br)cn2)cc1. The van der Waals surface area contributed by atoms with Gasteiger partial charge in [0.1, 0.15) is 5.82 Å². The highest BCUT2D eigenvalue weighted by molar-refractivity contribution is 9.10. The molecule has 2 aromatic rings. The van der Waals surface area contributed by atoms with E-state index in [0.29, 0.717) is 17.1 Å². The van der Waals surface area contributed by atoms with E-state index < -0.39 is 5.41 Å². The standard InChI is InChI=1S/C17H18BrN3O2/c1-17(2,3)16(23)20-13-7-4-11(5-8-13)15(22)21-14-9-6-12(18)10-19-14/h4-10H,1-3H3,(H,20,23)(H,19,21,22). The molecule has 1 heterocycles. The van der Waals surface area contributed by atoms with E-state index in [1.807, 2.05) is 20.8 Å². The molecule has 0 atom stereocenters. The summed E-state index contributed by atoms with van der Waals surface area (Å²) >= 11 is 3.29. The van der Waals surface area contributed by atoms with E-state index in [9.17, 15) is 9.59 Å². The van der Waals surface area contributed by atoms with E-state index in [2.05, 4.69) is 31.5 Å². The lowest BCUT2D eigenvalue weighted by Gasteiger charge is -2.17. The van der Waals surface area contributed by atoms with Crippen LogP contribution in [0.25, 0.3) is 0 Å². The molecule has 1 aromatic heterocycles. The molecule has 120 valence electrons. The molecule has 6 heteroatoms. The number of hydrogen-bond donors (Lipinski definition) is 2. The van der Waals surface area contributed by atoms with Crippen molar-refractivity contribution in [3.8, 4) is 0 Å². The molecule has 0 saturated heterocycles. The molecule has 0 spiro atoms. The molecule has 0 unspecified atom stereocenters. The van der Waals surface area contributed by atoms with Gasteiger partial charge in [0.05, 0.1) is 0 Å². The second-order valence-corrected chi connectivity index (χ2v) is 7.01. The summed E-state index contributed by atoms with van der Waals surface area (Å²) < 4.78 is 0.842. The molecule has 0 aliphatic rings. The highest BCUT2D eigenvalue weighted by atomic mass is 79.9. The van der Waals surface area contributed by atoms with Crippen molar-refractivity contribution in [1.82, 2.24) is 4.98 Å². The summed E-state index contributed by atoms with van der Waals surface area (Å²) in [6.07, 6.45) is 1.61. The first-order valence-electron chi connectivity index (χ1n) is 7.10. The van der Waals surface area contributed by atoms with Crippen molar-refractivity contribution >= 4 is 39.2 Å². The Hall–Kier alpha value is -2.21. The second kappa shape index (κ2) is 6.91. The number of nitrogens with one attached hydrogen (secondary N) is 2. The maximum atomic E-state index is 12.1. The van der Waals surface area contributed by atoms with Crippen molar-refractivity contribution in [1.29, 1.82) is 0 Å². The van der Waals surface area contributed by atoms with Crippen LogP contribution in [0, 0.1) is 5.41 Å². The van der Waals surface area contributed by atoms with Gasteiger partial charge in [0.15, 0.2) is 0 Å². The summed E-state index contributed by atoms with van der Waals surface area (Å²) in [5, 5.41) is 5.53. The lowest BCUT2D eigenvalue weighted by atomic mass is 9.95. The number of benzene rings is 1. The van der Waals surface area contributed by atoms with Crippen LogP contribution in [0.1, 0.15) is 31.1 Å². The topological polar surface area (TPSA) is 71.1 Å². The van der Waals surface area contributed by atoms with Crippen molar-refractivity contribution in [3.05, 3.63) is 52.6 Å². The maximum absolute atomic E-state index is 12.1. The molecule has 0 aliphatic heterocycles. The number of amides is 2. The van der Waals surface area contributed by atoms with Crippen LogP contribution in [-0.2, 0) is 4.79 Å². The van der Waals surface area contributed by atoms with E-state index >= 15 is 0 Å². The molecule has 23 heavy (non-hydrogen) atoms. The molecule has 5 nitrogen and oxygen atoms in total. The Labute approximate surface area is 143 Å². The zero-order chi connectivity index (χ0) is 17.0. The predicted octanol–water partition coefficient (Wildman–Crippen LogP) is 4.08. The van der Waals surface area contributed by atoms with Gasteiger partial charge in [0.25, 0.3) is 5.91 Å². The quantitative estimate of drug-likeness (QED) is 0.848. The lowest BCUT2D eigenvalue weighted by molar-refractivity contribution is -0.123. The fourth-order valence-corrected chi connectivity index (χ4v) is 1.90. The zero-order valence-electron chi connectivity index (χ0n) is 13.2. The van der Waals surface area contributed by atoms with Gasteiger partial charge in [0, 0.05) is 27.3 Å². The van der Waals surface area contributed by atoms with E-state index in [-0.39, 0.29) is 11.8 Å². The van der Waals surface area contributed by atoms with Crippen LogP contribution >= 0.6 is 15.9 Å². The number of hydrogen-bond acceptors (Lipinski definition) is 3. The van der Waals surface area contributed by atoms with Gasteiger partial charge in [-0.1, -0.05) is 20.8 Å². The van der Waals surface area contributed by atoms with Gasteiger partial charge in [-0.15, -0.1) is 0 Å². The maximum Gasteiger partial charge on any atom is 0.256 e. The first kappa shape index (κ1) is 17.1. The third-order valence-electron chi connectivity index (χ3n) is 3.06. The van der Waals surface area contributed by atoms with E-state index in [1.165, 1.54) is 0 Å². The molecule has 0 bridgehead atoms.